The molecule has 102 valence electrons. The monoisotopic (exact) mass is 266 g/mol. The van der Waals surface area contributed by atoms with Gasteiger partial charge < -0.3 is 14.7 Å². The molecular weight excluding hydrogens is 252 g/mol. The summed E-state index contributed by atoms with van der Waals surface area (Å²) >= 11 is 0. The zero-order valence-electron chi connectivity index (χ0n) is 10.2. The van der Waals surface area contributed by atoms with Crippen LogP contribution in [0.4, 0.5) is 11.4 Å². The first-order chi connectivity index (χ1) is 9.13. The van der Waals surface area contributed by atoms with Crippen molar-refractivity contribution >= 4 is 17.3 Å². The molecule has 0 aromatic heterocycles. The number of nitro benzene ring substituents is 1. The van der Waals surface area contributed by atoms with Gasteiger partial charge >= 0.3 is 0 Å². The third-order valence-electron chi connectivity index (χ3n) is 2.89. The maximum absolute atomic E-state index is 11.8. The summed E-state index contributed by atoms with van der Waals surface area (Å²) in [5.41, 5.74) is 0.340. The highest BCUT2D eigenvalue weighted by atomic mass is 16.6. The summed E-state index contributed by atoms with van der Waals surface area (Å²) in [4.78, 5) is 23.5. The maximum atomic E-state index is 11.8. The highest BCUT2D eigenvalue weighted by Gasteiger charge is 2.26. The van der Waals surface area contributed by atoms with Crippen molar-refractivity contribution < 1.29 is 19.6 Å². The fourth-order valence-electron chi connectivity index (χ4n) is 1.93. The summed E-state index contributed by atoms with van der Waals surface area (Å²) in [5, 5.41) is 19.5. The summed E-state index contributed by atoms with van der Waals surface area (Å²) in [6.45, 7) is 0.404. The van der Waals surface area contributed by atoms with E-state index in [0.717, 1.165) is 0 Å². The van der Waals surface area contributed by atoms with E-state index in [2.05, 4.69) is 0 Å². The van der Waals surface area contributed by atoms with Crippen molar-refractivity contribution in [3.05, 3.63) is 28.3 Å². The Morgan fingerprint density at radius 3 is 2.89 bits per heavy atom. The molecule has 7 nitrogen and oxygen atoms in total. The predicted molar refractivity (Wildman–Crippen MR) is 67.3 cm³/mol. The Labute approximate surface area is 109 Å². The number of carbonyl (C=O) groups is 1. The predicted octanol–water partition coefficient (Wildman–Crippen LogP) is 1.09. The number of ether oxygens (including phenoxy) is 1. The first kappa shape index (κ1) is 13.3. The molecule has 2 rings (SSSR count). The van der Waals surface area contributed by atoms with Crippen LogP contribution in [-0.2, 0) is 4.79 Å². The van der Waals surface area contributed by atoms with Crippen molar-refractivity contribution in [3.63, 3.8) is 0 Å². The van der Waals surface area contributed by atoms with E-state index in [1.807, 2.05) is 0 Å². The molecule has 1 aromatic rings. The molecule has 0 aliphatic carbocycles. The van der Waals surface area contributed by atoms with Crippen LogP contribution in [0.3, 0.4) is 0 Å². The van der Waals surface area contributed by atoms with E-state index in [1.54, 1.807) is 0 Å². The summed E-state index contributed by atoms with van der Waals surface area (Å²) in [6, 6.07) is 4.19. The molecule has 0 bridgehead atoms. The molecule has 0 radical (unpaired) electrons. The Bertz CT molecular complexity index is 503. The fraction of sp³-hybridized carbons (Fsp3) is 0.417. The molecule has 7 heteroatoms. The minimum atomic E-state index is -0.509. The van der Waals surface area contributed by atoms with Crippen LogP contribution in [0.5, 0.6) is 5.75 Å². The smallest absolute Gasteiger partial charge is 0.271 e. The molecule has 1 N–H and O–H groups in total. The number of fused-ring (bicyclic) bond motifs is 1. The second-order valence-corrected chi connectivity index (χ2v) is 4.17. The molecule has 1 heterocycles. The number of carbonyl (C=O) groups excluding carboxylic acids is 1. The Morgan fingerprint density at radius 1 is 1.42 bits per heavy atom. The fourth-order valence-corrected chi connectivity index (χ4v) is 1.93. The second-order valence-electron chi connectivity index (χ2n) is 4.17. The minimum absolute atomic E-state index is 0.0559. The number of non-ortho nitro benzene ring substituents is 1. The van der Waals surface area contributed by atoms with Gasteiger partial charge in [0.15, 0.2) is 6.61 Å². The summed E-state index contributed by atoms with van der Waals surface area (Å²) < 4.78 is 5.24. The van der Waals surface area contributed by atoms with Crippen LogP contribution in [0, 0.1) is 10.1 Å². The highest BCUT2D eigenvalue weighted by Crippen LogP contribution is 2.35. The summed E-state index contributed by atoms with van der Waals surface area (Å²) in [7, 11) is 0. The van der Waals surface area contributed by atoms with E-state index in [4.69, 9.17) is 9.84 Å². The molecule has 0 unspecified atom stereocenters. The van der Waals surface area contributed by atoms with Crippen molar-refractivity contribution in [2.45, 2.75) is 12.8 Å². The Balaban J connectivity index is 2.27. The number of benzene rings is 1. The molecule has 0 fully saturated rings. The van der Waals surface area contributed by atoms with Gasteiger partial charge in [-0.15, -0.1) is 0 Å². The average molecular weight is 266 g/mol. The van der Waals surface area contributed by atoms with Gasteiger partial charge in [-0.1, -0.05) is 0 Å². The Kier molecular flexibility index (Phi) is 3.96. The number of nitro groups is 1. The third kappa shape index (κ3) is 2.82. The molecule has 1 aliphatic heterocycles. The van der Waals surface area contributed by atoms with E-state index in [1.165, 1.54) is 23.1 Å². The van der Waals surface area contributed by atoms with E-state index in [9.17, 15) is 14.9 Å². The number of anilines is 1. The Hall–Kier alpha value is -2.15. The SMILES string of the molecule is O=C1COc2ccc([N+](=O)[O-])cc2N1CCCCO. The largest absolute Gasteiger partial charge is 0.482 e. The van der Waals surface area contributed by atoms with Crippen molar-refractivity contribution in [2.24, 2.45) is 0 Å². The van der Waals surface area contributed by atoms with E-state index >= 15 is 0 Å². The molecule has 1 aromatic carbocycles. The van der Waals surface area contributed by atoms with Gasteiger partial charge in [0.05, 0.1) is 10.6 Å². The van der Waals surface area contributed by atoms with Crippen LogP contribution >= 0.6 is 0 Å². The third-order valence-corrected chi connectivity index (χ3v) is 2.89. The molecule has 1 aliphatic rings. The number of aliphatic hydroxyl groups excluding tert-OH is 1. The van der Waals surface area contributed by atoms with Gasteiger partial charge in [-0.3, -0.25) is 14.9 Å². The summed E-state index contributed by atoms with van der Waals surface area (Å²) in [5.74, 6) is 0.236. The van der Waals surface area contributed by atoms with Crippen LogP contribution in [0.2, 0.25) is 0 Å². The minimum Gasteiger partial charge on any atom is -0.482 e. The molecule has 0 spiro atoms. The first-order valence-corrected chi connectivity index (χ1v) is 5.96. The van der Waals surface area contributed by atoms with Gasteiger partial charge in [0, 0.05) is 25.3 Å². The van der Waals surface area contributed by atoms with Gasteiger partial charge in [-0.2, -0.15) is 0 Å². The van der Waals surface area contributed by atoms with Gasteiger partial charge in [0.2, 0.25) is 0 Å². The summed E-state index contributed by atoms with van der Waals surface area (Å²) in [6.07, 6.45) is 1.21. The molecule has 0 saturated heterocycles. The number of unbranched alkanes of at least 4 members (excludes halogenated alkanes) is 1. The van der Waals surface area contributed by atoms with Crippen LogP contribution in [0.25, 0.3) is 0 Å². The number of amides is 1. The lowest BCUT2D eigenvalue weighted by Crippen LogP contribution is -2.39. The molecule has 0 atom stereocenters. The van der Waals surface area contributed by atoms with Crippen molar-refractivity contribution in [1.82, 2.24) is 0 Å². The topological polar surface area (TPSA) is 92.9 Å². The van der Waals surface area contributed by atoms with Crippen molar-refractivity contribution in [1.29, 1.82) is 0 Å². The van der Waals surface area contributed by atoms with Crippen LogP contribution < -0.4 is 9.64 Å². The van der Waals surface area contributed by atoms with Crippen LogP contribution in [-0.4, -0.2) is 35.7 Å². The standard InChI is InChI=1S/C12H14N2O5/c15-6-2-1-5-13-10-7-9(14(17)18)3-4-11(10)19-8-12(13)16/h3-4,7,15H,1-2,5-6,8H2. The highest BCUT2D eigenvalue weighted by molar-refractivity contribution is 5.98. The number of hydrogen-bond acceptors (Lipinski definition) is 5. The zero-order valence-corrected chi connectivity index (χ0v) is 10.2. The van der Waals surface area contributed by atoms with Crippen LogP contribution in [0.1, 0.15) is 12.8 Å². The van der Waals surface area contributed by atoms with Crippen molar-refractivity contribution in [2.75, 3.05) is 24.7 Å². The van der Waals surface area contributed by atoms with Crippen molar-refractivity contribution in [3.8, 4) is 5.75 Å². The number of aliphatic hydroxyl groups is 1. The Morgan fingerprint density at radius 2 is 2.21 bits per heavy atom. The van der Waals surface area contributed by atoms with Gasteiger partial charge in [0.25, 0.3) is 11.6 Å². The molecule has 0 saturated carbocycles. The quantitative estimate of drug-likeness (QED) is 0.489. The lowest BCUT2D eigenvalue weighted by molar-refractivity contribution is -0.384. The molecular formula is C12H14N2O5. The number of rotatable bonds is 5. The average Bonchev–Trinajstić information content (AvgIpc) is 2.40. The lowest BCUT2D eigenvalue weighted by Gasteiger charge is -2.29. The second kappa shape index (κ2) is 5.66. The molecule has 19 heavy (non-hydrogen) atoms. The molecule has 1 amide bonds. The zero-order chi connectivity index (χ0) is 13.8. The normalized spacial score (nSPS) is 13.9. The van der Waals surface area contributed by atoms with E-state index in [0.29, 0.717) is 30.8 Å². The number of nitrogens with zero attached hydrogens (tertiary/aromatic N) is 2. The lowest BCUT2D eigenvalue weighted by atomic mass is 10.2. The van der Waals surface area contributed by atoms with Gasteiger partial charge in [-0.05, 0) is 18.9 Å². The maximum Gasteiger partial charge on any atom is 0.271 e. The first-order valence-electron chi connectivity index (χ1n) is 5.96. The van der Waals surface area contributed by atoms with E-state index in [-0.39, 0.29) is 24.8 Å². The van der Waals surface area contributed by atoms with Gasteiger partial charge in [-0.25, -0.2) is 0 Å². The number of hydrogen-bond donors (Lipinski definition) is 1. The van der Waals surface area contributed by atoms with Crippen LogP contribution in [0.15, 0.2) is 18.2 Å². The van der Waals surface area contributed by atoms with E-state index < -0.39 is 4.92 Å². The van der Waals surface area contributed by atoms with Gasteiger partial charge in [0.1, 0.15) is 5.75 Å².